The van der Waals surface area contributed by atoms with Gasteiger partial charge in [0.05, 0.1) is 23.8 Å². The number of rotatable bonds is 3. The zero-order chi connectivity index (χ0) is 20.7. The lowest BCUT2D eigenvalue weighted by Crippen LogP contribution is -2.05. The smallest absolute Gasteiger partial charge is 0.345 e. The van der Waals surface area contributed by atoms with Crippen LogP contribution in [0.5, 0.6) is 5.75 Å². The van der Waals surface area contributed by atoms with E-state index in [1.54, 1.807) is 19.2 Å². The molecular weight excluding hydrogens is 380 g/mol. The number of benzene rings is 2. The second kappa shape index (κ2) is 6.97. The zero-order valence-corrected chi connectivity index (χ0v) is 16.0. The summed E-state index contributed by atoms with van der Waals surface area (Å²) in [5.41, 5.74) is 9.04. The fourth-order valence-corrected chi connectivity index (χ4v) is 3.46. The second-order valence-electron chi connectivity index (χ2n) is 6.73. The maximum absolute atomic E-state index is 12.7. The number of methoxy groups -OCH3 is 1. The third kappa shape index (κ3) is 2.93. The molecule has 0 aliphatic rings. The fourth-order valence-electron chi connectivity index (χ4n) is 3.46. The molecule has 0 bridgehead atoms. The molecule has 0 aliphatic heterocycles. The molecule has 0 aliphatic carbocycles. The van der Waals surface area contributed by atoms with Gasteiger partial charge in [-0.05, 0) is 41.5 Å². The lowest BCUT2D eigenvalue weighted by Gasteiger charge is -2.11. The molecule has 3 aromatic heterocycles. The quantitative estimate of drug-likeness (QED) is 0.459. The van der Waals surface area contributed by atoms with E-state index >= 15 is 0 Å². The molecule has 0 unspecified atom stereocenters. The number of fused-ring (bicyclic) bond motifs is 2. The van der Waals surface area contributed by atoms with Crippen molar-refractivity contribution in [3.8, 4) is 28.1 Å². The standard InChI is InChI=1S/C23H16N4O3/c1-29-15-8-6-13(7-9-15)16-11-18(27-22-20(16)21(24)25-12-26-22)17-10-14-4-2-3-5-19(14)30-23(17)28/h2-12H,1H3,(H2,24,25,26,27). The predicted octanol–water partition coefficient (Wildman–Crippen LogP) is 4.06. The van der Waals surface area contributed by atoms with Crippen molar-refractivity contribution in [1.29, 1.82) is 0 Å². The normalized spacial score (nSPS) is 11.1. The van der Waals surface area contributed by atoms with Gasteiger partial charge in [-0.1, -0.05) is 30.3 Å². The van der Waals surface area contributed by atoms with E-state index in [0.29, 0.717) is 33.7 Å². The second-order valence-corrected chi connectivity index (χ2v) is 6.73. The third-order valence-electron chi connectivity index (χ3n) is 4.95. The Bertz CT molecular complexity index is 1460. The number of nitrogens with zero attached hydrogens (tertiary/aromatic N) is 3. The summed E-state index contributed by atoms with van der Waals surface area (Å²) in [4.78, 5) is 25.7. The molecule has 3 heterocycles. The molecule has 0 atom stereocenters. The summed E-state index contributed by atoms with van der Waals surface area (Å²) in [5.74, 6) is 1.05. The van der Waals surface area contributed by atoms with E-state index in [4.69, 9.17) is 14.9 Å². The van der Waals surface area contributed by atoms with Gasteiger partial charge in [-0.2, -0.15) is 0 Å². The van der Waals surface area contributed by atoms with Crippen molar-refractivity contribution in [3.05, 3.63) is 77.4 Å². The first kappa shape index (κ1) is 17.8. The molecule has 5 rings (SSSR count). The number of ether oxygens (including phenoxy) is 1. The predicted molar refractivity (Wildman–Crippen MR) is 115 cm³/mol. The molecule has 7 nitrogen and oxygen atoms in total. The van der Waals surface area contributed by atoms with E-state index in [0.717, 1.165) is 22.3 Å². The topological polar surface area (TPSA) is 104 Å². The Labute approximate surface area is 170 Å². The first-order chi connectivity index (χ1) is 14.6. The van der Waals surface area contributed by atoms with E-state index in [9.17, 15) is 4.79 Å². The first-order valence-corrected chi connectivity index (χ1v) is 9.23. The molecule has 146 valence electrons. The number of nitrogen functional groups attached to an aromatic ring is 1. The Morgan fingerprint density at radius 1 is 0.967 bits per heavy atom. The molecule has 0 saturated heterocycles. The zero-order valence-electron chi connectivity index (χ0n) is 16.0. The Morgan fingerprint density at radius 2 is 1.77 bits per heavy atom. The van der Waals surface area contributed by atoms with Crippen LogP contribution in [0.15, 0.2) is 76.2 Å². The van der Waals surface area contributed by atoms with Gasteiger partial charge < -0.3 is 14.9 Å². The summed E-state index contributed by atoms with van der Waals surface area (Å²) in [6.07, 6.45) is 1.36. The van der Waals surface area contributed by atoms with Crippen molar-refractivity contribution >= 4 is 27.8 Å². The van der Waals surface area contributed by atoms with Crippen molar-refractivity contribution in [3.63, 3.8) is 0 Å². The average Bonchev–Trinajstić information content (AvgIpc) is 2.78. The van der Waals surface area contributed by atoms with E-state index in [2.05, 4.69) is 15.0 Å². The summed E-state index contributed by atoms with van der Waals surface area (Å²) in [7, 11) is 1.61. The fraction of sp³-hybridized carbons (Fsp3) is 0.0435. The van der Waals surface area contributed by atoms with Crippen LogP contribution in [0.25, 0.3) is 44.4 Å². The summed E-state index contributed by atoms with van der Waals surface area (Å²) >= 11 is 0. The number of nitrogens with two attached hydrogens (primary N) is 1. The number of pyridine rings is 1. The van der Waals surface area contributed by atoms with Crippen LogP contribution in [0.1, 0.15) is 0 Å². The summed E-state index contributed by atoms with van der Waals surface area (Å²) in [6.45, 7) is 0. The van der Waals surface area contributed by atoms with Crippen LogP contribution < -0.4 is 16.1 Å². The summed E-state index contributed by atoms with van der Waals surface area (Å²) in [5, 5.41) is 1.43. The van der Waals surface area contributed by atoms with Gasteiger partial charge >= 0.3 is 5.63 Å². The lowest BCUT2D eigenvalue weighted by atomic mass is 10.00. The van der Waals surface area contributed by atoms with Crippen molar-refractivity contribution in [2.75, 3.05) is 12.8 Å². The van der Waals surface area contributed by atoms with Crippen molar-refractivity contribution in [2.24, 2.45) is 0 Å². The molecule has 0 fully saturated rings. The summed E-state index contributed by atoms with van der Waals surface area (Å²) in [6, 6.07) is 18.5. The maximum Gasteiger partial charge on any atom is 0.345 e. The largest absolute Gasteiger partial charge is 0.497 e. The number of para-hydroxylation sites is 1. The monoisotopic (exact) mass is 396 g/mol. The average molecular weight is 396 g/mol. The number of aromatic nitrogens is 3. The van der Waals surface area contributed by atoms with E-state index in [1.807, 2.05) is 48.5 Å². The van der Waals surface area contributed by atoms with Crippen LogP contribution in [0.4, 0.5) is 5.82 Å². The Kier molecular flexibility index (Phi) is 4.14. The molecule has 0 saturated carbocycles. The van der Waals surface area contributed by atoms with Crippen molar-refractivity contribution in [1.82, 2.24) is 15.0 Å². The Balaban J connectivity index is 1.80. The van der Waals surface area contributed by atoms with Crippen LogP contribution in [-0.4, -0.2) is 22.1 Å². The molecule has 0 radical (unpaired) electrons. The van der Waals surface area contributed by atoms with Crippen LogP contribution in [0, 0.1) is 0 Å². The maximum atomic E-state index is 12.7. The molecule has 2 N–H and O–H groups in total. The number of hydrogen-bond donors (Lipinski definition) is 1. The van der Waals surface area contributed by atoms with Gasteiger partial charge in [0.15, 0.2) is 5.65 Å². The van der Waals surface area contributed by atoms with Crippen LogP contribution in [0.3, 0.4) is 0 Å². The highest BCUT2D eigenvalue weighted by Gasteiger charge is 2.16. The highest BCUT2D eigenvalue weighted by Crippen LogP contribution is 2.34. The van der Waals surface area contributed by atoms with E-state index in [1.165, 1.54) is 6.33 Å². The lowest BCUT2D eigenvalue weighted by molar-refractivity contribution is 0.415. The molecule has 2 aromatic carbocycles. The molecule has 30 heavy (non-hydrogen) atoms. The minimum absolute atomic E-state index is 0.315. The minimum Gasteiger partial charge on any atom is -0.497 e. The Hall–Kier alpha value is -4.26. The van der Waals surface area contributed by atoms with Crippen molar-refractivity contribution < 1.29 is 9.15 Å². The third-order valence-corrected chi connectivity index (χ3v) is 4.95. The van der Waals surface area contributed by atoms with Gasteiger partial charge in [0, 0.05) is 5.39 Å². The SMILES string of the molecule is COc1ccc(-c2cc(-c3cc4ccccc4oc3=O)nc3ncnc(N)c23)cc1. The minimum atomic E-state index is -0.469. The van der Waals surface area contributed by atoms with E-state index < -0.39 is 5.63 Å². The summed E-state index contributed by atoms with van der Waals surface area (Å²) < 4.78 is 10.7. The van der Waals surface area contributed by atoms with E-state index in [-0.39, 0.29) is 0 Å². The van der Waals surface area contributed by atoms with Crippen LogP contribution in [-0.2, 0) is 0 Å². The molecule has 0 spiro atoms. The van der Waals surface area contributed by atoms with Crippen molar-refractivity contribution in [2.45, 2.75) is 0 Å². The molecule has 5 aromatic rings. The molecular formula is C23H16N4O3. The van der Waals surface area contributed by atoms with Gasteiger partial charge in [0.2, 0.25) is 0 Å². The first-order valence-electron chi connectivity index (χ1n) is 9.23. The van der Waals surface area contributed by atoms with Gasteiger partial charge in [0.25, 0.3) is 0 Å². The highest BCUT2D eigenvalue weighted by atomic mass is 16.5. The number of anilines is 1. The van der Waals surface area contributed by atoms with Gasteiger partial charge in [0.1, 0.15) is 23.5 Å². The highest BCUT2D eigenvalue weighted by molar-refractivity contribution is 6.01. The molecule has 0 amide bonds. The van der Waals surface area contributed by atoms with Crippen LogP contribution >= 0.6 is 0 Å². The van der Waals surface area contributed by atoms with Gasteiger partial charge in [-0.3, -0.25) is 0 Å². The van der Waals surface area contributed by atoms with Gasteiger partial charge in [-0.15, -0.1) is 0 Å². The Morgan fingerprint density at radius 3 is 2.57 bits per heavy atom. The van der Waals surface area contributed by atoms with Crippen LogP contribution in [0.2, 0.25) is 0 Å². The van der Waals surface area contributed by atoms with Gasteiger partial charge in [-0.25, -0.2) is 19.7 Å². The number of hydrogen-bond acceptors (Lipinski definition) is 7. The molecule has 7 heteroatoms.